The van der Waals surface area contributed by atoms with Crippen molar-refractivity contribution >= 4 is 22.8 Å². The highest BCUT2D eigenvalue weighted by Crippen LogP contribution is 2.40. The Labute approximate surface area is 170 Å². The second kappa shape index (κ2) is 8.52. The molecule has 1 heterocycles. The minimum atomic E-state index is -0.137. The number of hydrogen-bond donors (Lipinski definition) is 1. The molecule has 150 valence electrons. The first-order chi connectivity index (χ1) is 14.2. The molecule has 2 atom stereocenters. The van der Waals surface area contributed by atoms with Crippen LogP contribution in [0.25, 0.3) is 10.9 Å². The molecule has 5 heteroatoms. The monoisotopic (exact) mass is 390 g/mol. The van der Waals surface area contributed by atoms with E-state index in [1.54, 1.807) is 0 Å². The van der Waals surface area contributed by atoms with Crippen molar-refractivity contribution < 1.29 is 14.3 Å². The highest BCUT2D eigenvalue weighted by molar-refractivity contribution is 5.98. The molecule has 1 amide bonds. The van der Waals surface area contributed by atoms with Crippen molar-refractivity contribution in [3.05, 3.63) is 71.9 Å². The Hall–Kier alpha value is -3.08. The van der Waals surface area contributed by atoms with E-state index in [-0.39, 0.29) is 23.7 Å². The quantitative estimate of drug-likeness (QED) is 0.590. The zero-order valence-electron chi connectivity index (χ0n) is 16.6. The number of nitrogens with zero attached hydrogens (tertiary/aromatic N) is 1. The summed E-state index contributed by atoms with van der Waals surface area (Å²) in [5.41, 5.74) is 2.89. The molecule has 1 saturated carbocycles. The van der Waals surface area contributed by atoms with E-state index in [9.17, 15) is 9.59 Å². The minimum Gasteiger partial charge on any atom is -0.466 e. The number of H-pyrrole nitrogens is 1. The molecule has 5 nitrogen and oxygen atoms in total. The van der Waals surface area contributed by atoms with E-state index in [2.05, 4.69) is 17.1 Å². The summed E-state index contributed by atoms with van der Waals surface area (Å²) in [6.45, 7) is 3.43. The second-order valence-electron chi connectivity index (χ2n) is 7.62. The summed E-state index contributed by atoms with van der Waals surface area (Å²) < 4.78 is 5.15. The van der Waals surface area contributed by atoms with Gasteiger partial charge in [0.1, 0.15) is 0 Å². The molecular formula is C24H26N2O3. The number of rotatable bonds is 8. The first-order valence-corrected chi connectivity index (χ1v) is 10.2. The molecule has 0 bridgehead atoms. The number of esters is 1. The van der Waals surface area contributed by atoms with E-state index in [0.29, 0.717) is 25.3 Å². The Morgan fingerprint density at radius 3 is 2.76 bits per heavy atom. The van der Waals surface area contributed by atoms with Crippen LogP contribution in [0.15, 0.2) is 60.8 Å². The van der Waals surface area contributed by atoms with E-state index in [0.717, 1.165) is 23.7 Å². The topological polar surface area (TPSA) is 62.4 Å². The molecule has 0 saturated heterocycles. The van der Waals surface area contributed by atoms with Crippen molar-refractivity contribution in [3.63, 3.8) is 0 Å². The Morgan fingerprint density at radius 1 is 1.14 bits per heavy atom. The normalized spacial score (nSPS) is 17.8. The van der Waals surface area contributed by atoms with Crippen molar-refractivity contribution in [3.8, 4) is 0 Å². The number of aromatic amines is 1. The number of amides is 1. The lowest BCUT2D eigenvalue weighted by atomic mass is 10.1. The molecule has 3 aromatic rings. The Bertz CT molecular complexity index is 996. The molecule has 29 heavy (non-hydrogen) atoms. The van der Waals surface area contributed by atoms with Gasteiger partial charge in [-0.25, -0.2) is 0 Å². The van der Waals surface area contributed by atoms with E-state index in [4.69, 9.17) is 4.74 Å². The van der Waals surface area contributed by atoms with E-state index >= 15 is 0 Å². The van der Waals surface area contributed by atoms with Crippen molar-refractivity contribution in [2.24, 2.45) is 11.8 Å². The maximum atomic E-state index is 13.3. The van der Waals surface area contributed by atoms with E-state index in [1.165, 1.54) is 5.56 Å². The van der Waals surface area contributed by atoms with E-state index < -0.39 is 0 Å². The third-order valence-corrected chi connectivity index (χ3v) is 5.57. The Balaban J connectivity index is 1.49. The SMILES string of the molecule is CCOC(=O)[C@H]1C[C@@H]1CN(CCc1ccccc1)C(=O)c1ccc2[nH]ccc2c1. The molecule has 1 aliphatic rings. The fourth-order valence-electron chi connectivity index (χ4n) is 3.82. The van der Waals surface area contributed by atoms with Crippen LogP contribution in [-0.2, 0) is 16.0 Å². The van der Waals surface area contributed by atoms with Crippen molar-refractivity contribution in [2.75, 3.05) is 19.7 Å². The summed E-state index contributed by atoms with van der Waals surface area (Å²) in [7, 11) is 0. The summed E-state index contributed by atoms with van der Waals surface area (Å²) in [6, 6.07) is 17.9. The molecule has 0 aliphatic heterocycles. The summed E-state index contributed by atoms with van der Waals surface area (Å²) in [6.07, 6.45) is 3.46. The van der Waals surface area contributed by atoms with Crippen LogP contribution in [-0.4, -0.2) is 41.5 Å². The Morgan fingerprint density at radius 2 is 1.97 bits per heavy atom. The number of aromatic nitrogens is 1. The van der Waals surface area contributed by atoms with Gasteiger partial charge < -0.3 is 14.6 Å². The second-order valence-corrected chi connectivity index (χ2v) is 7.62. The Kier molecular flexibility index (Phi) is 5.65. The molecular weight excluding hydrogens is 364 g/mol. The summed E-state index contributed by atoms with van der Waals surface area (Å²) in [4.78, 5) is 30.4. The molecule has 1 N–H and O–H groups in total. The third kappa shape index (κ3) is 4.50. The van der Waals surface area contributed by atoms with Gasteiger partial charge in [-0.15, -0.1) is 0 Å². The van der Waals surface area contributed by atoms with Crippen LogP contribution in [0.1, 0.15) is 29.3 Å². The van der Waals surface area contributed by atoms with Crippen molar-refractivity contribution in [1.82, 2.24) is 9.88 Å². The summed E-state index contributed by atoms with van der Waals surface area (Å²) >= 11 is 0. The predicted octanol–water partition coefficient (Wildman–Crippen LogP) is 4.05. The molecule has 1 aliphatic carbocycles. The lowest BCUT2D eigenvalue weighted by molar-refractivity contribution is -0.145. The summed E-state index contributed by atoms with van der Waals surface area (Å²) in [5, 5.41) is 1.02. The average molecular weight is 390 g/mol. The van der Waals surface area contributed by atoms with Crippen LogP contribution in [0, 0.1) is 11.8 Å². The number of benzene rings is 2. The average Bonchev–Trinajstić information content (AvgIpc) is 3.36. The van der Waals surface area contributed by atoms with Gasteiger partial charge in [0.2, 0.25) is 0 Å². The van der Waals surface area contributed by atoms with E-state index in [1.807, 2.05) is 60.5 Å². The fourth-order valence-corrected chi connectivity index (χ4v) is 3.82. The largest absolute Gasteiger partial charge is 0.466 e. The van der Waals surface area contributed by atoms with Crippen molar-refractivity contribution in [1.29, 1.82) is 0 Å². The third-order valence-electron chi connectivity index (χ3n) is 5.57. The van der Waals surface area contributed by atoms with Crippen LogP contribution < -0.4 is 0 Å². The maximum Gasteiger partial charge on any atom is 0.309 e. The number of nitrogens with one attached hydrogen (secondary N) is 1. The summed E-state index contributed by atoms with van der Waals surface area (Å²) in [5.74, 6) is -0.0147. The van der Waals surface area contributed by atoms with Gasteiger partial charge in [0, 0.05) is 35.8 Å². The molecule has 2 aromatic carbocycles. The molecule has 4 rings (SSSR count). The maximum absolute atomic E-state index is 13.3. The molecule has 0 unspecified atom stereocenters. The fraction of sp³-hybridized carbons (Fsp3) is 0.333. The smallest absolute Gasteiger partial charge is 0.309 e. The lowest BCUT2D eigenvalue weighted by Crippen LogP contribution is -2.35. The first kappa shape index (κ1) is 19.2. The molecule has 0 spiro atoms. The van der Waals surface area contributed by atoms with Crippen LogP contribution in [0.3, 0.4) is 0 Å². The van der Waals surface area contributed by atoms with Crippen LogP contribution in [0.2, 0.25) is 0 Å². The van der Waals surface area contributed by atoms with Gasteiger partial charge in [-0.1, -0.05) is 30.3 Å². The number of carbonyl (C=O) groups excluding carboxylic acids is 2. The molecule has 1 fully saturated rings. The number of carbonyl (C=O) groups is 2. The van der Waals surface area contributed by atoms with Crippen LogP contribution in [0.4, 0.5) is 0 Å². The van der Waals surface area contributed by atoms with Gasteiger partial charge in [-0.2, -0.15) is 0 Å². The first-order valence-electron chi connectivity index (χ1n) is 10.2. The van der Waals surface area contributed by atoms with Gasteiger partial charge in [0.15, 0.2) is 0 Å². The zero-order valence-corrected chi connectivity index (χ0v) is 16.6. The molecule has 1 aromatic heterocycles. The predicted molar refractivity (Wildman–Crippen MR) is 113 cm³/mol. The number of fused-ring (bicyclic) bond motifs is 1. The van der Waals surface area contributed by atoms with Crippen molar-refractivity contribution in [2.45, 2.75) is 19.8 Å². The standard InChI is InChI=1S/C24H26N2O3/c1-2-29-24(28)21-15-20(21)16-26(13-11-17-6-4-3-5-7-17)23(27)19-8-9-22-18(14-19)10-12-25-22/h3-10,12,14,20-21,25H,2,11,13,15-16H2,1H3/t20-,21+/m1/s1. The highest BCUT2D eigenvalue weighted by atomic mass is 16.5. The highest BCUT2D eigenvalue weighted by Gasteiger charge is 2.45. The molecule has 0 radical (unpaired) electrons. The number of hydrogen-bond acceptors (Lipinski definition) is 3. The van der Waals surface area contributed by atoms with Gasteiger partial charge in [-0.05, 0) is 55.5 Å². The van der Waals surface area contributed by atoms with Crippen LogP contribution >= 0.6 is 0 Å². The van der Waals surface area contributed by atoms with Gasteiger partial charge >= 0.3 is 5.97 Å². The van der Waals surface area contributed by atoms with Crippen LogP contribution in [0.5, 0.6) is 0 Å². The van der Waals surface area contributed by atoms with Gasteiger partial charge in [0.05, 0.1) is 12.5 Å². The lowest BCUT2D eigenvalue weighted by Gasteiger charge is -2.23. The van der Waals surface area contributed by atoms with Gasteiger partial charge in [-0.3, -0.25) is 9.59 Å². The van der Waals surface area contributed by atoms with Gasteiger partial charge in [0.25, 0.3) is 5.91 Å². The minimum absolute atomic E-state index is 0.0125. The number of ether oxygens (including phenoxy) is 1. The zero-order chi connectivity index (χ0) is 20.2.